The molecule has 12 heteroatoms. The van der Waals surface area contributed by atoms with E-state index in [1.807, 2.05) is 0 Å². The monoisotopic (exact) mass is 576 g/mol. The van der Waals surface area contributed by atoms with E-state index in [0.717, 1.165) is 5.41 Å². The van der Waals surface area contributed by atoms with Crippen molar-refractivity contribution in [3.8, 4) is 23.0 Å². The highest BCUT2D eigenvalue weighted by atomic mass is 32.2. The number of hydrogen-bond acceptors (Lipinski definition) is 10. The van der Waals surface area contributed by atoms with Crippen LogP contribution in [0.1, 0.15) is 22.3 Å². The summed E-state index contributed by atoms with van der Waals surface area (Å²) >= 11 is 0. The summed E-state index contributed by atoms with van der Waals surface area (Å²) in [5.41, 5.74) is 13.9. The number of nitrogen functional groups attached to an aromatic ring is 2. The highest BCUT2D eigenvalue weighted by Crippen LogP contribution is 2.35. The molecule has 0 amide bonds. The summed E-state index contributed by atoms with van der Waals surface area (Å²) in [5, 5.41) is 1.06. The Hall–Kier alpha value is -3.90. The van der Waals surface area contributed by atoms with Crippen LogP contribution in [-0.2, 0) is 36.9 Å². The summed E-state index contributed by atoms with van der Waals surface area (Å²) in [6.07, 6.45) is 1.39. The van der Waals surface area contributed by atoms with Gasteiger partial charge in [0.05, 0.1) is 51.3 Å². The zero-order valence-corrected chi connectivity index (χ0v) is 23.8. The van der Waals surface area contributed by atoms with Crippen LogP contribution in [0.4, 0.5) is 11.4 Å². The first-order chi connectivity index (χ1) is 18.4. The van der Waals surface area contributed by atoms with Gasteiger partial charge >= 0.3 is 0 Å². The second kappa shape index (κ2) is 12.3. The van der Waals surface area contributed by atoms with Gasteiger partial charge in [0.25, 0.3) is 0 Å². The van der Waals surface area contributed by atoms with Gasteiger partial charge < -0.3 is 30.4 Å². The molecule has 0 saturated heterocycles. The van der Waals surface area contributed by atoms with E-state index in [4.69, 9.17) is 30.4 Å². The zero-order valence-electron chi connectivity index (χ0n) is 22.1. The smallest absolute Gasteiger partial charge is 0.175 e. The fourth-order valence-corrected chi connectivity index (χ4v) is 6.58. The van der Waals surface area contributed by atoms with Crippen molar-refractivity contribution in [3.05, 3.63) is 76.2 Å². The number of anilines is 2. The number of hydrogen-bond donors (Lipinski definition) is 2. The summed E-state index contributed by atoms with van der Waals surface area (Å²) in [5.74, 6) is 0.513. The Kier molecular flexibility index (Phi) is 9.36. The molecule has 3 aromatic rings. The molecule has 0 atom stereocenters. The minimum absolute atomic E-state index is 0.280. The molecule has 210 valence electrons. The van der Waals surface area contributed by atoms with Gasteiger partial charge in [-0.2, -0.15) is 0 Å². The normalized spacial score (nSPS) is 11.9. The molecule has 0 aliphatic heterocycles. The third kappa shape index (κ3) is 7.80. The molecular weight excluding hydrogens is 544 g/mol. The molecule has 0 fully saturated rings. The van der Waals surface area contributed by atoms with Gasteiger partial charge in [-0.05, 0) is 35.4 Å². The number of rotatable bonds is 12. The lowest BCUT2D eigenvalue weighted by Crippen LogP contribution is -2.11. The summed E-state index contributed by atoms with van der Waals surface area (Å²) in [6, 6.07) is 12.5. The van der Waals surface area contributed by atoms with E-state index in [-0.39, 0.29) is 22.9 Å². The average molecular weight is 577 g/mol. The maximum absolute atomic E-state index is 13.0. The van der Waals surface area contributed by atoms with Crippen molar-refractivity contribution < 1.29 is 35.8 Å². The van der Waals surface area contributed by atoms with E-state index in [1.165, 1.54) is 46.6 Å². The Labute approximate surface area is 229 Å². The topological polar surface area (TPSA) is 157 Å². The predicted octanol–water partition coefficient (Wildman–Crippen LogP) is 3.59. The van der Waals surface area contributed by atoms with Crippen LogP contribution in [0, 0.1) is 0 Å². The summed E-state index contributed by atoms with van der Waals surface area (Å²) < 4.78 is 73.2. The second-order valence-corrected chi connectivity index (χ2v) is 12.6. The molecule has 10 nitrogen and oxygen atoms in total. The van der Waals surface area contributed by atoms with Crippen molar-refractivity contribution in [1.82, 2.24) is 0 Å². The minimum Gasteiger partial charge on any atom is -0.496 e. The lowest BCUT2D eigenvalue weighted by Gasteiger charge is -2.13. The average Bonchev–Trinajstić information content (AvgIpc) is 2.88. The fourth-order valence-electron chi connectivity index (χ4n) is 3.95. The largest absolute Gasteiger partial charge is 0.496 e. The molecule has 0 aliphatic carbocycles. The molecule has 0 spiro atoms. The molecule has 0 saturated carbocycles. The Bertz CT molecular complexity index is 1560. The van der Waals surface area contributed by atoms with E-state index in [2.05, 4.69) is 0 Å². The van der Waals surface area contributed by atoms with Crippen molar-refractivity contribution in [2.24, 2.45) is 0 Å². The summed E-state index contributed by atoms with van der Waals surface area (Å²) in [7, 11) is -1.65. The van der Waals surface area contributed by atoms with E-state index in [9.17, 15) is 16.8 Å². The van der Waals surface area contributed by atoms with E-state index in [1.54, 1.807) is 36.4 Å². The van der Waals surface area contributed by atoms with Gasteiger partial charge in [-0.25, -0.2) is 16.8 Å². The lowest BCUT2D eigenvalue weighted by molar-refractivity contribution is 0.374. The fraction of sp³-hybridized carbons (Fsp3) is 0.259. The lowest BCUT2D eigenvalue weighted by atomic mass is 10.1. The first-order valence-electron chi connectivity index (χ1n) is 11.6. The Balaban J connectivity index is 1.86. The predicted molar refractivity (Wildman–Crippen MR) is 152 cm³/mol. The Morgan fingerprint density at radius 3 is 1.87 bits per heavy atom. The van der Waals surface area contributed by atoms with Gasteiger partial charge in [0.15, 0.2) is 19.7 Å². The van der Waals surface area contributed by atoms with Crippen molar-refractivity contribution in [3.63, 3.8) is 0 Å². The van der Waals surface area contributed by atoms with Crippen LogP contribution >= 0.6 is 0 Å². The molecule has 0 bridgehead atoms. The van der Waals surface area contributed by atoms with E-state index in [0.29, 0.717) is 50.9 Å². The molecule has 0 unspecified atom stereocenters. The van der Waals surface area contributed by atoms with Crippen LogP contribution in [-0.4, -0.2) is 45.3 Å². The van der Waals surface area contributed by atoms with Crippen LogP contribution in [0.3, 0.4) is 0 Å². The first-order valence-corrected chi connectivity index (χ1v) is 15.1. The van der Waals surface area contributed by atoms with E-state index >= 15 is 0 Å². The van der Waals surface area contributed by atoms with Gasteiger partial charge in [0.2, 0.25) is 0 Å². The standard InChI is InChI=1S/C27H32N2O8S2/c1-34-22-13-26(36-3)23(27(14-22)37-4)9-10-38(30,31)15-18-5-8-25(35-2)20(11-18)17-39(32,33)16-19-6-7-21(28)12-24(19)29/h5-14H,15-17,28-29H2,1-4H3/b10-9+. The molecule has 3 rings (SSSR count). The maximum atomic E-state index is 13.0. The summed E-state index contributed by atoms with van der Waals surface area (Å²) in [6.45, 7) is 0. The number of methoxy groups -OCH3 is 4. The van der Waals surface area contributed by atoms with Crippen LogP contribution in [0.5, 0.6) is 23.0 Å². The van der Waals surface area contributed by atoms with E-state index < -0.39 is 19.7 Å². The molecule has 0 heterocycles. The molecule has 0 radical (unpaired) electrons. The number of benzene rings is 3. The Morgan fingerprint density at radius 1 is 0.692 bits per heavy atom. The second-order valence-electron chi connectivity index (χ2n) is 8.69. The number of sulfone groups is 2. The van der Waals surface area contributed by atoms with Crippen molar-refractivity contribution in [2.75, 3.05) is 39.9 Å². The SMILES string of the molecule is COc1cc(OC)c(/C=C/S(=O)(=O)Cc2ccc(OC)c(CS(=O)(=O)Cc3ccc(N)cc3N)c2)c(OC)c1. The van der Waals surface area contributed by atoms with Crippen molar-refractivity contribution >= 4 is 37.1 Å². The Morgan fingerprint density at radius 2 is 1.31 bits per heavy atom. The molecule has 39 heavy (non-hydrogen) atoms. The van der Waals surface area contributed by atoms with Crippen LogP contribution < -0.4 is 30.4 Å². The molecule has 3 aromatic carbocycles. The highest BCUT2D eigenvalue weighted by Gasteiger charge is 2.20. The molecule has 4 N–H and O–H groups in total. The van der Waals surface area contributed by atoms with Crippen LogP contribution in [0.15, 0.2) is 53.9 Å². The van der Waals surface area contributed by atoms with Crippen LogP contribution in [0.25, 0.3) is 6.08 Å². The van der Waals surface area contributed by atoms with Gasteiger partial charge in [-0.15, -0.1) is 0 Å². The maximum Gasteiger partial charge on any atom is 0.175 e. The highest BCUT2D eigenvalue weighted by molar-refractivity contribution is 7.93. The van der Waals surface area contributed by atoms with Gasteiger partial charge in [-0.3, -0.25) is 0 Å². The molecule has 0 aromatic heterocycles. The third-order valence-electron chi connectivity index (χ3n) is 5.83. The number of nitrogens with two attached hydrogens (primary N) is 2. The van der Waals surface area contributed by atoms with Gasteiger partial charge in [-0.1, -0.05) is 18.2 Å². The quantitative estimate of drug-likeness (QED) is 0.305. The molecular formula is C27H32N2O8S2. The third-order valence-corrected chi connectivity index (χ3v) is 8.62. The summed E-state index contributed by atoms with van der Waals surface area (Å²) in [4.78, 5) is 0. The van der Waals surface area contributed by atoms with Gasteiger partial charge in [0, 0.05) is 34.5 Å². The minimum atomic E-state index is -3.78. The zero-order chi connectivity index (χ0) is 28.8. The van der Waals surface area contributed by atoms with Crippen molar-refractivity contribution in [2.45, 2.75) is 17.3 Å². The molecule has 0 aliphatic rings. The van der Waals surface area contributed by atoms with Crippen LogP contribution in [0.2, 0.25) is 0 Å². The van der Waals surface area contributed by atoms with Gasteiger partial charge in [0.1, 0.15) is 23.0 Å². The van der Waals surface area contributed by atoms with Crippen molar-refractivity contribution in [1.29, 1.82) is 0 Å². The first kappa shape index (κ1) is 29.7. The number of ether oxygens (including phenoxy) is 4.